The lowest BCUT2D eigenvalue weighted by atomic mass is 10.0. The fourth-order valence-electron chi connectivity index (χ4n) is 2.50. The van der Waals surface area contributed by atoms with E-state index < -0.39 is 10.9 Å². The Morgan fingerprint density at radius 2 is 1.68 bits per heavy atom. The van der Waals surface area contributed by atoms with Crippen LogP contribution in [0.2, 0.25) is 0 Å². The molecule has 0 spiro atoms. The van der Waals surface area contributed by atoms with Crippen molar-refractivity contribution in [2.24, 2.45) is 0 Å². The maximum Gasteiger partial charge on any atom is 0.337 e. The van der Waals surface area contributed by atoms with Crippen molar-refractivity contribution in [3.8, 4) is 11.1 Å². The van der Waals surface area contributed by atoms with Crippen LogP contribution in [0.15, 0.2) is 72.8 Å². The van der Waals surface area contributed by atoms with Gasteiger partial charge in [0.1, 0.15) is 0 Å². The Labute approximate surface area is 143 Å². The molecule has 0 aliphatic rings. The molecule has 6 heteroatoms. The fraction of sp³-hybridized carbons (Fsp3) is 0. The van der Waals surface area contributed by atoms with Gasteiger partial charge in [0, 0.05) is 17.8 Å². The number of rotatable bonds is 5. The highest BCUT2D eigenvalue weighted by Gasteiger charge is 2.13. The van der Waals surface area contributed by atoms with Crippen LogP contribution in [-0.2, 0) is 0 Å². The zero-order valence-corrected chi connectivity index (χ0v) is 13.0. The third-order valence-corrected chi connectivity index (χ3v) is 3.69. The number of carbonyl (C=O) groups is 1. The number of anilines is 2. The van der Waals surface area contributed by atoms with Gasteiger partial charge in [-0.25, -0.2) is 4.79 Å². The molecule has 3 rings (SSSR count). The van der Waals surface area contributed by atoms with Crippen molar-refractivity contribution < 1.29 is 14.8 Å². The first-order valence-corrected chi connectivity index (χ1v) is 7.49. The third kappa shape index (κ3) is 3.64. The smallest absolute Gasteiger partial charge is 0.337 e. The number of hydrogen-bond acceptors (Lipinski definition) is 4. The monoisotopic (exact) mass is 334 g/mol. The number of nitrogens with zero attached hydrogens (tertiary/aromatic N) is 1. The van der Waals surface area contributed by atoms with E-state index >= 15 is 0 Å². The number of carboxylic acids is 1. The fourth-order valence-corrected chi connectivity index (χ4v) is 2.50. The molecule has 124 valence electrons. The first kappa shape index (κ1) is 16.2. The summed E-state index contributed by atoms with van der Waals surface area (Å²) in [5.41, 5.74) is 2.63. The van der Waals surface area contributed by atoms with Gasteiger partial charge in [0.2, 0.25) is 0 Å². The average Bonchev–Trinajstić information content (AvgIpc) is 2.62. The minimum Gasteiger partial charge on any atom is -0.478 e. The second-order valence-electron chi connectivity index (χ2n) is 5.36. The van der Waals surface area contributed by atoms with E-state index in [0.717, 1.165) is 11.1 Å². The predicted molar refractivity (Wildman–Crippen MR) is 95.2 cm³/mol. The molecule has 25 heavy (non-hydrogen) atoms. The summed E-state index contributed by atoms with van der Waals surface area (Å²) in [5.74, 6) is -1.08. The molecule has 0 bridgehead atoms. The Bertz CT molecular complexity index is 939. The Morgan fingerprint density at radius 3 is 2.36 bits per heavy atom. The van der Waals surface area contributed by atoms with Crippen LogP contribution in [0, 0.1) is 10.1 Å². The van der Waals surface area contributed by atoms with Crippen LogP contribution in [0.25, 0.3) is 11.1 Å². The summed E-state index contributed by atoms with van der Waals surface area (Å²) in [4.78, 5) is 21.9. The molecule has 0 aliphatic carbocycles. The highest BCUT2D eigenvalue weighted by molar-refractivity contribution is 5.96. The van der Waals surface area contributed by atoms with Crippen LogP contribution in [0.3, 0.4) is 0 Å². The van der Waals surface area contributed by atoms with Gasteiger partial charge in [-0.1, -0.05) is 42.5 Å². The van der Waals surface area contributed by atoms with Crippen molar-refractivity contribution >= 4 is 23.0 Å². The van der Waals surface area contributed by atoms with Crippen molar-refractivity contribution in [3.63, 3.8) is 0 Å². The van der Waals surface area contributed by atoms with Gasteiger partial charge in [-0.2, -0.15) is 0 Å². The largest absolute Gasteiger partial charge is 0.478 e. The number of nitro benzene ring substituents is 1. The topological polar surface area (TPSA) is 92.5 Å². The molecule has 6 nitrogen and oxygen atoms in total. The molecule has 0 aromatic heterocycles. The maximum atomic E-state index is 11.5. The zero-order valence-electron chi connectivity index (χ0n) is 13.0. The highest BCUT2D eigenvalue weighted by atomic mass is 16.6. The molecular formula is C19H14N2O4. The highest BCUT2D eigenvalue weighted by Crippen LogP contribution is 2.29. The molecule has 0 radical (unpaired) electrons. The molecule has 0 amide bonds. The van der Waals surface area contributed by atoms with Gasteiger partial charge in [-0.3, -0.25) is 10.1 Å². The van der Waals surface area contributed by atoms with Gasteiger partial charge >= 0.3 is 5.97 Å². The van der Waals surface area contributed by atoms with E-state index in [2.05, 4.69) is 5.32 Å². The lowest BCUT2D eigenvalue weighted by molar-refractivity contribution is -0.384. The second-order valence-corrected chi connectivity index (χ2v) is 5.36. The van der Waals surface area contributed by atoms with Gasteiger partial charge in [-0.15, -0.1) is 0 Å². The number of aromatic carboxylic acids is 1. The first-order valence-electron chi connectivity index (χ1n) is 7.49. The number of nitro groups is 1. The van der Waals surface area contributed by atoms with E-state index in [0.29, 0.717) is 11.4 Å². The standard InChI is InChI=1S/C19H14N2O4/c22-19(23)17-10-9-14(13-5-2-1-3-6-13)11-18(17)20-15-7-4-8-16(12-15)21(24)25/h1-12,20H,(H,22,23). The first-order chi connectivity index (χ1) is 12.0. The summed E-state index contributed by atoms with van der Waals surface area (Å²) in [6.07, 6.45) is 0. The van der Waals surface area contributed by atoms with Gasteiger partial charge < -0.3 is 10.4 Å². The second kappa shape index (κ2) is 6.84. The number of benzene rings is 3. The zero-order chi connectivity index (χ0) is 17.8. The quantitative estimate of drug-likeness (QED) is 0.521. The number of hydrogen-bond donors (Lipinski definition) is 2. The normalized spacial score (nSPS) is 10.2. The van der Waals surface area contributed by atoms with Crippen LogP contribution in [0.4, 0.5) is 17.1 Å². The Kier molecular flexibility index (Phi) is 4.43. The molecule has 0 heterocycles. The third-order valence-electron chi connectivity index (χ3n) is 3.69. The van der Waals surface area contributed by atoms with Gasteiger partial charge in [-0.05, 0) is 29.3 Å². The van der Waals surface area contributed by atoms with Gasteiger partial charge in [0.25, 0.3) is 5.69 Å². The summed E-state index contributed by atoms with van der Waals surface area (Å²) in [6, 6.07) is 20.4. The molecule has 3 aromatic carbocycles. The summed E-state index contributed by atoms with van der Waals surface area (Å²) >= 11 is 0. The molecule has 0 saturated heterocycles. The molecule has 0 atom stereocenters. The Balaban J connectivity index is 2.02. The van der Waals surface area contributed by atoms with Crippen molar-refractivity contribution in [1.82, 2.24) is 0 Å². The lowest BCUT2D eigenvalue weighted by Gasteiger charge is -2.12. The number of carboxylic acid groups (broad SMARTS) is 1. The van der Waals surface area contributed by atoms with Crippen LogP contribution < -0.4 is 5.32 Å². The van der Waals surface area contributed by atoms with E-state index in [-0.39, 0.29) is 11.3 Å². The average molecular weight is 334 g/mol. The van der Waals surface area contributed by atoms with Gasteiger partial charge in [0.05, 0.1) is 16.2 Å². The van der Waals surface area contributed by atoms with Crippen molar-refractivity contribution in [3.05, 3.63) is 88.5 Å². The van der Waals surface area contributed by atoms with E-state index in [1.165, 1.54) is 18.2 Å². The summed E-state index contributed by atoms with van der Waals surface area (Å²) in [6.45, 7) is 0. The minimum atomic E-state index is -1.08. The van der Waals surface area contributed by atoms with E-state index in [1.54, 1.807) is 24.3 Å². The molecular weight excluding hydrogens is 320 g/mol. The van der Waals surface area contributed by atoms with Crippen LogP contribution in [0.5, 0.6) is 0 Å². The van der Waals surface area contributed by atoms with E-state index in [9.17, 15) is 20.0 Å². The molecule has 0 unspecified atom stereocenters. The molecule has 2 N–H and O–H groups in total. The Morgan fingerprint density at radius 1 is 0.920 bits per heavy atom. The summed E-state index contributed by atoms with van der Waals surface area (Å²) in [7, 11) is 0. The Hall–Kier alpha value is -3.67. The SMILES string of the molecule is O=C(O)c1ccc(-c2ccccc2)cc1Nc1cccc([N+](=O)[O-])c1. The molecule has 0 aliphatic heterocycles. The molecule has 3 aromatic rings. The summed E-state index contributed by atoms with van der Waals surface area (Å²) < 4.78 is 0. The maximum absolute atomic E-state index is 11.5. The van der Waals surface area contributed by atoms with Crippen molar-refractivity contribution in [2.45, 2.75) is 0 Å². The van der Waals surface area contributed by atoms with E-state index in [1.807, 2.05) is 30.3 Å². The van der Waals surface area contributed by atoms with Crippen LogP contribution in [-0.4, -0.2) is 16.0 Å². The van der Waals surface area contributed by atoms with E-state index in [4.69, 9.17) is 0 Å². The van der Waals surface area contributed by atoms with Crippen LogP contribution in [0.1, 0.15) is 10.4 Å². The number of nitrogens with one attached hydrogen (secondary N) is 1. The number of non-ortho nitro benzene ring substituents is 1. The summed E-state index contributed by atoms with van der Waals surface area (Å²) in [5, 5.41) is 23.3. The lowest BCUT2D eigenvalue weighted by Crippen LogP contribution is -2.03. The van der Waals surface area contributed by atoms with Gasteiger partial charge in [0.15, 0.2) is 0 Å². The molecule has 0 saturated carbocycles. The molecule has 0 fully saturated rings. The predicted octanol–water partition coefficient (Wildman–Crippen LogP) is 4.70. The minimum absolute atomic E-state index is 0.0684. The van der Waals surface area contributed by atoms with Crippen molar-refractivity contribution in [1.29, 1.82) is 0 Å². The van der Waals surface area contributed by atoms with Crippen molar-refractivity contribution in [2.75, 3.05) is 5.32 Å². The van der Waals surface area contributed by atoms with Crippen LogP contribution >= 0.6 is 0 Å².